The average Bonchev–Trinajstić information content (AvgIpc) is 2.72. The summed E-state index contributed by atoms with van der Waals surface area (Å²) in [5, 5.41) is 9.06. The van der Waals surface area contributed by atoms with E-state index in [1.54, 1.807) is 20.8 Å². The number of carbonyl (C=O) groups is 3. The Hall–Kier alpha value is -1.59. The highest BCUT2D eigenvalue weighted by Crippen LogP contribution is 2.37. The Kier molecular flexibility index (Phi) is 4.25. The number of nitrogens with zero attached hydrogens (tertiary/aromatic N) is 1. The Bertz CT molecular complexity index is 453. The lowest BCUT2D eigenvalue weighted by atomic mass is 9.73. The van der Waals surface area contributed by atoms with E-state index < -0.39 is 29.4 Å². The van der Waals surface area contributed by atoms with E-state index in [0.29, 0.717) is 25.8 Å². The Labute approximate surface area is 124 Å². The quantitative estimate of drug-likeness (QED) is 0.797. The van der Waals surface area contributed by atoms with Crippen LogP contribution in [0.15, 0.2) is 0 Å². The highest BCUT2D eigenvalue weighted by atomic mass is 16.6. The van der Waals surface area contributed by atoms with Crippen LogP contribution in [0.4, 0.5) is 0 Å². The number of carboxylic acid groups (broad SMARTS) is 1. The summed E-state index contributed by atoms with van der Waals surface area (Å²) in [6.45, 7) is 5.88. The van der Waals surface area contributed by atoms with Gasteiger partial charge in [0, 0.05) is 6.54 Å². The van der Waals surface area contributed by atoms with Gasteiger partial charge >= 0.3 is 11.9 Å². The molecule has 1 N–H and O–H groups in total. The first-order valence-corrected chi connectivity index (χ1v) is 7.47. The normalized spacial score (nSPS) is 28.9. The van der Waals surface area contributed by atoms with Crippen molar-refractivity contribution in [2.24, 2.45) is 11.8 Å². The van der Waals surface area contributed by atoms with Gasteiger partial charge in [0.05, 0.1) is 11.8 Å². The minimum atomic E-state index is -0.924. The van der Waals surface area contributed by atoms with Gasteiger partial charge in [-0.2, -0.15) is 0 Å². The number of carbonyl (C=O) groups excluding carboxylic acids is 2. The SMILES string of the molecule is CC(C)(C)OC(=O)C1CCCN1C(=O)C1CCC1C(=O)O. The van der Waals surface area contributed by atoms with Crippen molar-refractivity contribution in [2.75, 3.05) is 6.54 Å². The van der Waals surface area contributed by atoms with Crippen LogP contribution in [0.1, 0.15) is 46.5 Å². The van der Waals surface area contributed by atoms with E-state index in [2.05, 4.69) is 0 Å². The topological polar surface area (TPSA) is 83.9 Å². The van der Waals surface area contributed by atoms with Gasteiger partial charge in [0.15, 0.2) is 0 Å². The Balaban J connectivity index is 2.03. The minimum Gasteiger partial charge on any atom is -0.481 e. The third-order valence-corrected chi connectivity index (χ3v) is 4.12. The summed E-state index contributed by atoms with van der Waals surface area (Å²) in [6, 6.07) is -0.563. The third-order valence-electron chi connectivity index (χ3n) is 4.12. The zero-order valence-corrected chi connectivity index (χ0v) is 12.8. The van der Waals surface area contributed by atoms with E-state index in [-0.39, 0.29) is 11.9 Å². The fraction of sp³-hybridized carbons (Fsp3) is 0.800. The molecular weight excluding hydrogens is 274 g/mol. The average molecular weight is 297 g/mol. The molecule has 0 radical (unpaired) electrons. The second kappa shape index (κ2) is 5.66. The number of likely N-dealkylation sites (tertiary alicyclic amines) is 1. The maximum Gasteiger partial charge on any atom is 0.329 e. The molecule has 1 saturated carbocycles. The molecule has 1 saturated heterocycles. The lowest BCUT2D eigenvalue weighted by Crippen LogP contribution is -2.50. The molecule has 0 bridgehead atoms. The molecule has 0 aromatic heterocycles. The Morgan fingerprint density at radius 1 is 1.10 bits per heavy atom. The smallest absolute Gasteiger partial charge is 0.329 e. The summed E-state index contributed by atoms with van der Waals surface area (Å²) in [4.78, 5) is 37.2. The van der Waals surface area contributed by atoms with Crippen molar-refractivity contribution in [3.63, 3.8) is 0 Å². The van der Waals surface area contributed by atoms with E-state index in [4.69, 9.17) is 9.84 Å². The number of hydrogen-bond acceptors (Lipinski definition) is 4. The predicted molar refractivity (Wildman–Crippen MR) is 74.4 cm³/mol. The van der Waals surface area contributed by atoms with Crippen molar-refractivity contribution in [3.05, 3.63) is 0 Å². The number of carboxylic acids is 1. The zero-order valence-electron chi connectivity index (χ0n) is 12.8. The van der Waals surface area contributed by atoms with Crippen molar-refractivity contribution in [1.82, 2.24) is 4.90 Å². The van der Waals surface area contributed by atoms with Crippen LogP contribution in [0.3, 0.4) is 0 Å². The molecule has 1 aliphatic heterocycles. The van der Waals surface area contributed by atoms with Crippen LogP contribution in [0.2, 0.25) is 0 Å². The zero-order chi connectivity index (χ0) is 15.8. The Morgan fingerprint density at radius 3 is 2.19 bits per heavy atom. The van der Waals surface area contributed by atoms with Gasteiger partial charge in [0.1, 0.15) is 11.6 Å². The van der Waals surface area contributed by atoms with Crippen LogP contribution in [0.5, 0.6) is 0 Å². The molecule has 21 heavy (non-hydrogen) atoms. The van der Waals surface area contributed by atoms with Crippen LogP contribution < -0.4 is 0 Å². The second-order valence-electron chi connectivity index (χ2n) is 6.85. The van der Waals surface area contributed by atoms with Crippen molar-refractivity contribution in [1.29, 1.82) is 0 Å². The third kappa shape index (κ3) is 3.36. The standard InChI is InChI=1S/C15H23NO5/c1-15(2,3)21-14(20)11-5-4-8-16(11)12(17)9-6-7-10(9)13(18)19/h9-11H,4-8H2,1-3H3,(H,18,19). The molecule has 0 spiro atoms. The van der Waals surface area contributed by atoms with Crippen LogP contribution in [0.25, 0.3) is 0 Å². The van der Waals surface area contributed by atoms with Crippen molar-refractivity contribution in [3.8, 4) is 0 Å². The minimum absolute atomic E-state index is 0.206. The fourth-order valence-corrected chi connectivity index (χ4v) is 2.95. The number of aliphatic carboxylic acids is 1. The summed E-state index contributed by atoms with van der Waals surface area (Å²) >= 11 is 0. The molecule has 3 atom stereocenters. The maximum absolute atomic E-state index is 12.5. The summed E-state index contributed by atoms with van der Waals surface area (Å²) < 4.78 is 5.36. The molecule has 1 aliphatic carbocycles. The number of ether oxygens (including phenoxy) is 1. The molecule has 3 unspecified atom stereocenters. The first-order chi connectivity index (χ1) is 9.70. The molecule has 6 heteroatoms. The summed E-state index contributed by atoms with van der Waals surface area (Å²) in [5.41, 5.74) is -0.589. The number of hydrogen-bond donors (Lipinski definition) is 1. The summed E-state index contributed by atoms with van der Waals surface area (Å²) in [5.74, 6) is -2.60. The first kappa shape index (κ1) is 15.8. The van der Waals surface area contributed by atoms with Crippen molar-refractivity contribution in [2.45, 2.75) is 58.1 Å². The van der Waals surface area contributed by atoms with Crippen LogP contribution in [-0.4, -0.2) is 46.0 Å². The molecule has 2 aliphatic rings. The number of rotatable bonds is 3. The van der Waals surface area contributed by atoms with Gasteiger partial charge in [0.25, 0.3) is 0 Å². The molecule has 2 fully saturated rings. The molecule has 0 aromatic carbocycles. The van der Waals surface area contributed by atoms with Gasteiger partial charge in [0.2, 0.25) is 5.91 Å². The largest absolute Gasteiger partial charge is 0.481 e. The predicted octanol–water partition coefficient (Wildman–Crippen LogP) is 1.43. The number of esters is 1. The highest BCUT2D eigenvalue weighted by Gasteiger charge is 2.47. The van der Waals surface area contributed by atoms with Crippen LogP contribution in [-0.2, 0) is 19.1 Å². The molecule has 1 amide bonds. The van der Waals surface area contributed by atoms with Crippen molar-refractivity contribution >= 4 is 17.8 Å². The van der Waals surface area contributed by atoms with Crippen LogP contribution >= 0.6 is 0 Å². The summed E-state index contributed by atoms with van der Waals surface area (Å²) in [6.07, 6.45) is 2.47. The van der Waals surface area contributed by atoms with Gasteiger partial charge < -0.3 is 14.7 Å². The number of amides is 1. The van der Waals surface area contributed by atoms with Gasteiger partial charge in [-0.05, 0) is 46.5 Å². The first-order valence-electron chi connectivity index (χ1n) is 7.47. The van der Waals surface area contributed by atoms with Gasteiger partial charge in [-0.3, -0.25) is 9.59 Å². The van der Waals surface area contributed by atoms with Gasteiger partial charge in [-0.15, -0.1) is 0 Å². The van der Waals surface area contributed by atoms with Gasteiger partial charge in [-0.25, -0.2) is 4.79 Å². The summed E-state index contributed by atoms with van der Waals surface area (Å²) in [7, 11) is 0. The molecule has 118 valence electrons. The molecule has 0 aromatic rings. The van der Waals surface area contributed by atoms with E-state index in [9.17, 15) is 14.4 Å². The molecule has 1 heterocycles. The fourth-order valence-electron chi connectivity index (χ4n) is 2.95. The highest BCUT2D eigenvalue weighted by molar-refractivity contribution is 5.90. The molecular formula is C15H23NO5. The van der Waals surface area contributed by atoms with Crippen molar-refractivity contribution < 1.29 is 24.2 Å². The molecule has 2 rings (SSSR count). The Morgan fingerprint density at radius 2 is 1.71 bits per heavy atom. The molecule has 6 nitrogen and oxygen atoms in total. The van der Waals surface area contributed by atoms with E-state index in [0.717, 1.165) is 6.42 Å². The van der Waals surface area contributed by atoms with E-state index in [1.165, 1.54) is 4.90 Å². The van der Waals surface area contributed by atoms with Gasteiger partial charge in [-0.1, -0.05) is 0 Å². The van der Waals surface area contributed by atoms with Crippen LogP contribution in [0, 0.1) is 11.8 Å². The second-order valence-corrected chi connectivity index (χ2v) is 6.85. The van der Waals surface area contributed by atoms with E-state index >= 15 is 0 Å². The lowest BCUT2D eigenvalue weighted by Gasteiger charge is -2.37. The van der Waals surface area contributed by atoms with E-state index in [1.807, 2.05) is 0 Å². The lowest BCUT2D eigenvalue weighted by molar-refractivity contribution is -0.166. The monoisotopic (exact) mass is 297 g/mol. The maximum atomic E-state index is 12.5.